The summed E-state index contributed by atoms with van der Waals surface area (Å²) in [5.74, 6) is 1.89. The Hall–Kier alpha value is -2.24. The molecule has 5 nitrogen and oxygen atoms in total. The van der Waals surface area contributed by atoms with Crippen LogP contribution in [0.2, 0.25) is 5.02 Å². The van der Waals surface area contributed by atoms with Crippen LogP contribution in [0.1, 0.15) is 46.5 Å². The molecule has 0 aliphatic carbocycles. The van der Waals surface area contributed by atoms with Crippen molar-refractivity contribution >= 4 is 28.5 Å². The van der Waals surface area contributed by atoms with Gasteiger partial charge in [-0.15, -0.1) is 0 Å². The predicted octanol–water partition coefficient (Wildman–Crippen LogP) is 4.86. The molecule has 0 radical (unpaired) electrons. The number of nitrogens with one attached hydrogen (secondary N) is 1. The van der Waals surface area contributed by atoms with E-state index in [1.165, 1.54) is 12.8 Å². The van der Waals surface area contributed by atoms with Crippen molar-refractivity contribution in [1.29, 1.82) is 0 Å². The zero-order valence-corrected chi connectivity index (χ0v) is 16.3. The molecule has 1 aliphatic heterocycles. The fourth-order valence-corrected chi connectivity index (χ4v) is 3.95. The van der Waals surface area contributed by atoms with Gasteiger partial charge in [0.1, 0.15) is 17.1 Å². The van der Waals surface area contributed by atoms with Gasteiger partial charge in [-0.05, 0) is 70.1 Å². The number of fused-ring (bicyclic) bond motifs is 1. The first kappa shape index (κ1) is 18.1. The van der Waals surface area contributed by atoms with Gasteiger partial charge in [0.05, 0.1) is 6.04 Å². The lowest BCUT2D eigenvalue weighted by Crippen LogP contribution is -2.36. The highest BCUT2D eigenvalue weighted by Gasteiger charge is 2.27. The summed E-state index contributed by atoms with van der Waals surface area (Å²) in [6, 6.07) is 9.37. The maximum Gasteiger partial charge on any atom is 0.287 e. The van der Waals surface area contributed by atoms with Crippen LogP contribution < -0.4 is 5.32 Å². The second-order valence-corrected chi connectivity index (χ2v) is 7.55. The van der Waals surface area contributed by atoms with Crippen molar-refractivity contribution in [2.45, 2.75) is 32.7 Å². The lowest BCUT2D eigenvalue weighted by atomic mass is 10.1. The molecule has 1 atom stereocenters. The molecule has 3 heterocycles. The lowest BCUT2D eigenvalue weighted by molar-refractivity contribution is 0.0907. The summed E-state index contributed by atoms with van der Waals surface area (Å²) in [4.78, 5) is 15.2. The lowest BCUT2D eigenvalue weighted by Gasteiger charge is -2.25. The SMILES string of the molecule is Cc1ccc([C@@H](CNC(=O)c2oc3ccc(Cl)cc3c2C)N2CCCC2)o1. The summed E-state index contributed by atoms with van der Waals surface area (Å²) in [5, 5.41) is 4.52. The minimum Gasteiger partial charge on any atom is -0.465 e. The molecule has 6 heteroatoms. The molecule has 1 N–H and O–H groups in total. The van der Waals surface area contributed by atoms with Gasteiger partial charge >= 0.3 is 0 Å². The topological polar surface area (TPSA) is 58.6 Å². The summed E-state index contributed by atoms with van der Waals surface area (Å²) in [7, 11) is 0. The monoisotopic (exact) mass is 386 g/mol. The van der Waals surface area contributed by atoms with Gasteiger partial charge in [-0.2, -0.15) is 0 Å². The normalized spacial score (nSPS) is 16.1. The molecule has 142 valence electrons. The Bertz CT molecular complexity index is 969. The number of likely N-dealkylation sites (tertiary alicyclic amines) is 1. The molecular formula is C21H23ClN2O3. The van der Waals surface area contributed by atoms with E-state index in [0.29, 0.717) is 22.9 Å². The first-order valence-corrected chi connectivity index (χ1v) is 9.68. The number of carbonyl (C=O) groups is 1. The number of aryl methyl sites for hydroxylation is 2. The fourth-order valence-electron chi connectivity index (χ4n) is 3.77. The molecular weight excluding hydrogens is 364 g/mol. The molecule has 1 amide bonds. The minimum absolute atomic E-state index is 0.0317. The molecule has 1 saturated heterocycles. The molecule has 0 bridgehead atoms. The number of benzene rings is 1. The Morgan fingerprint density at radius 3 is 2.67 bits per heavy atom. The molecule has 0 spiro atoms. The van der Waals surface area contributed by atoms with Crippen molar-refractivity contribution < 1.29 is 13.6 Å². The maximum atomic E-state index is 12.8. The Morgan fingerprint density at radius 1 is 1.19 bits per heavy atom. The van der Waals surface area contributed by atoms with Crippen LogP contribution in [0, 0.1) is 13.8 Å². The summed E-state index contributed by atoms with van der Waals surface area (Å²) >= 11 is 6.07. The van der Waals surface area contributed by atoms with Gasteiger partial charge in [-0.25, -0.2) is 0 Å². The summed E-state index contributed by atoms with van der Waals surface area (Å²) in [6.07, 6.45) is 2.35. The fraction of sp³-hybridized carbons (Fsp3) is 0.381. The van der Waals surface area contributed by atoms with Crippen molar-refractivity contribution in [3.8, 4) is 0 Å². The Morgan fingerprint density at radius 2 is 1.96 bits per heavy atom. The third-order valence-corrected chi connectivity index (χ3v) is 5.47. The van der Waals surface area contributed by atoms with Crippen LogP contribution in [0.3, 0.4) is 0 Å². The van der Waals surface area contributed by atoms with Crippen LogP contribution in [0.5, 0.6) is 0 Å². The maximum absolute atomic E-state index is 12.8. The van der Waals surface area contributed by atoms with Gasteiger partial charge in [0.2, 0.25) is 0 Å². The van der Waals surface area contributed by atoms with Crippen LogP contribution >= 0.6 is 11.6 Å². The molecule has 3 aromatic rings. The van der Waals surface area contributed by atoms with E-state index in [1.807, 2.05) is 32.0 Å². The van der Waals surface area contributed by atoms with Crippen LogP contribution in [0.4, 0.5) is 0 Å². The van der Waals surface area contributed by atoms with Crippen molar-refractivity contribution in [1.82, 2.24) is 10.2 Å². The highest BCUT2D eigenvalue weighted by Crippen LogP contribution is 2.29. The predicted molar refractivity (Wildman–Crippen MR) is 105 cm³/mol. The summed E-state index contributed by atoms with van der Waals surface area (Å²) < 4.78 is 11.6. The molecule has 1 aromatic carbocycles. The van der Waals surface area contributed by atoms with Gasteiger partial charge in [0.15, 0.2) is 5.76 Å². The summed E-state index contributed by atoms with van der Waals surface area (Å²) in [5.41, 5.74) is 1.47. The molecule has 0 saturated carbocycles. The van der Waals surface area contributed by atoms with E-state index in [4.69, 9.17) is 20.4 Å². The van der Waals surface area contributed by atoms with Crippen molar-refractivity contribution in [2.24, 2.45) is 0 Å². The van der Waals surface area contributed by atoms with Gasteiger partial charge in [-0.1, -0.05) is 11.6 Å². The Kier molecular flexibility index (Phi) is 4.98. The number of carbonyl (C=O) groups excluding carboxylic acids is 1. The van der Waals surface area contributed by atoms with E-state index in [9.17, 15) is 4.79 Å². The largest absolute Gasteiger partial charge is 0.465 e. The quantitative estimate of drug-likeness (QED) is 0.680. The van der Waals surface area contributed by atoms with E-state index >= 15 is 0 Å². The van der Waals surface area contributed by atoms with E-state index in [1.54, 1.807) is 12.1 Å². The first-order valence-electron chi connectivity index (χ1n) is 9.30. The number of rotatable bonds is 5. The molecule has 1 fully saturated rings. The zero-order valence-electron chi connectivity index (χ0n) is 15.5. The molecule has 27 heavy (non-hydrogen) atoms. The zero-order chi connectivity index (χ0) is 19.0. The van der Waals surface area contributed by atoms with Crippen LogP contribution in [0.25, 0.3) is 11.0 Å². The number of hydrogen-bond donors (Lipinski definition) is 1. The van der Waals surface area contributed by atoms with Crippen molar-refractivity contribution in [3.05, 3.63) is 58.2 Å². The second-order valence-electron chi connectivity index (χ2n) is 7.11. The van der Waals surface area contributed by atoms with Crippen molar-refractivity contribution in [2.75, 3.05) is 19.6 Å². The van der Waals surface area contributed by atoms with E-state index in [-0.39, 0.29) is 11.9 Å². The van der Waals surface area contributed by atoms with Gasteiger partial charge in [0, 0.05) is 22.5 Å². The van der Waals surface area contributed by atoms with E-state index in [2.05, 4.69) is 10.2 Å². The molecule has 0 unspecified atom stereocenters. The van der Waals surface area contributed by atoms with Gasteiger partial charge in [-0.3, -0.25) is 9.69 Å². The Balaban J connectivity index is 1.53. The number of nitrogens with zero attached hydrogens (tertiary/aromatic N) is 1. The van der Waals surface area contributed by atoms with Crippen molar-refractivity contribution in [3.63, 3.8) is 0 Å². The van der Waals surface area contributed by atoms with Crippen LogP contribution in [-0.4, -0.2) is 30.4 Å². The standard InChI is InChI=1S/C21H23ClN2O3/c1-13-5-7-19(26-13)17(24-9-3-4-10-24)12-23-21(25)20-14(2)16-11-15(22)6-8-18(16)27-20/h5-8,11,17H,3-4,9-10,12H2,1-2H3,(H,23,25)/t17-/m1/s1. The minimum atomic E-state index is -0.215. The average Bonchev–Trinajstić information content (AvgIpc) is 3.38. The highest BCUT2D eigenvalue weighted by molar-refractivity contribution is 6.31. The average molecular weight is 387 g/mol. The Labute approximate surface area is 163 Å². The first-order chi connectivity index (χ1) is 13.0. The third-order valence-electron chi connectivity index (χ3n) is 5.23. The molecule has 2 aromatic heterocycles. The van der Waals surface area contributed by atoms with Crippen LogP contribution in [0.15, 0.2) is 39.2 Å². The number of hydrogen-bond acceptors (Lipinski definition) is 4. The van der Waals surface area contributed by atoms with E-state index < -0.39 is 0 Å². The number of halogens is 1. The second kappa shape index (κ2) is 7.41. The summed E-state index contributed by atoms with van der Waals surface area (Å²) in [6.45, 7) is 6.32. The molecule has 1 aliphatic rings. The highest BCUT2D eigenvalue weighted by atomic mass is 35.5. The smallest absolute Gasteiger partial charge is 0.287 e. The molecule has 4 rings (SSSR count). The number of furan rings is 2. The third kappa shape index (κ3) is 3.62. The van der Waals surface area contributed by atoms with Crippen LogP contribution in [-0.2, 0) is 0 Å². The van der Waals surface area contributed by atoms with E-state index in [0.717, 1.165) is 35.6 Å². The van der Waals surface area contributed by atoms with Gasteiger partial charge in [0.25, 0.3) is 5.91 Å². The number of amides is 1. The van der Waals surface area contributed by atoms with Gasteiger partial charge < -0.3 is 14.2 Å².